The Bertz CT molecular complexity index is 864. The number of fused-ring (bicyclic) bond motifs is 1. The molecule has 1 aromatic carbocycles. The molecule has 1 N–H and O–H groups in total. The first-order valence-corrected chi connectivity index (χ1v) is 12.9. The number of benzene rings is 1. The number of aryl methyl sites for hydroxylation is 1. The summed E-state index contributed by atoms with van der Waals surface area (Å²) >= 11 is 0. The van der Waals surface area contributed by atoms with Crippen LogP contribution in [0.25, 0.3) is 10.9 Å². The highest BCUT2D eigenvalue weighted by Crippen LogP contribution is 2.39. The summed E-state index contributed by atoms with van der Waals surface area (Å²) in [7, 11) is 0.0612. The van der Waals surface area contributed by atoms with Crippen LogP contribution < -0.4 is 5.32 Å². The predicted octanol–water partition coefficient (Wildman–Crippen LogP) is 5.23. The average Bonchev–Trinajstić information content (AvgIpc) is 2.93. The first-order chi connectivity index (χ1) is 13.0. The quantitative estimate of drug-likeness (QED) is 0.419. The molecule has 0 saturated heterocycles. The van der Waals surface area contributed by atoms with Crippen LogP contribution in [-0.4, -0.2) is 35.2 Å². The highest BCUT2D eigenvalue weighted by molar-refractivity contribution is 6.74. The van der Waals surface area contributed by atoms with Gasteiger partial charge in [-0.1, -0.05) is 20.8 Å². The minimum atomic E-state index is -1.76. The van der Waals surface area contributed by atoms with Gasteiger partial charge in [-0.25, -0.2) is 0 Å². The van der Waals surface area contributed by atoms with E-state index in [4.69, 9.17) is 4.43 Å². The van der Waals surface area contributed by atoms with Crippen molar-refractivity contribution in [2.75, 3.05) is 5.32 Å². The van der Waals surface area contributed by atoms with E-state index >= 15 is 0 Å². The third-order valence-electron chi connectivity index (χ3n) is 6.23. The van der Waals surface area contributed by atoms with E-state index in [1.165, 1.54) is 0 Å². The second-order valence-corrected chi connectivity index (χ2v) is 14.2. The monoisotopic (exact) mass is 404 g/mol. The maximum atomic E-state index is 11.5. The number of rotatable bonds is 5. The Morgan fingerprint density at radius 1 is 1.25 bits per heavy atom. The molecule has 1 aliphatic carbocycles. The highest BCUT2D eigenvalue weighted by Gasteiger charge is 2.39. The fourth-order valence-electron chi connectivity index (χ4n) is 3.59. The van der Waals surface area contributed by atoms with Crippen molar-refractivity contribution in [1.82, 2.24) is 9.78 Å². The summed E-state index contributed by atoms with van der Waals surface area (Å²) in [6, 6.07) is 3.63. The molecule has 2 aromatic rings. The zero-order valence-electron chi connectivity index (χ0n) is 17.8. The van der Waals surface area contributed by atoms with Crippen LogP contribution in [-0.2, 0) is 11.5 Å². The molecule has 0 bridgehead atoms. The number of nitro groups is 1. The number of hydrogen-bond acceptors (Lipinski definition) is 5. The number of nitro benzene ring substituents is 1. The van der Waals surface area contributed by atoms with Crippen molar-refractivity contribution in [3.8, 4) is 0 Å². The van der Waals surface area contributed by atoms with Crippen LogP contribution in [0.15, 0.2) is 18.3 Å². The van der Waals surface area contributed by atoms with Gasteiger partial charge in [-0.15, -0.1) is 0 Å². The minimum absolute atomic E-state index is 0.111. The molecule has 0 unspecified atom stereocenters. The summed E-state index contributed by atoms with van der Waals surface area (Å²) in [5, 5.41) is 20.3. The average molecular weight is 405 g/mol. The highest BCUT2D eigenvalue weighted by atomic mass is 28.4. The summed E-state index contributed by atoms with van der Waals surface area (Å²) < 4.78 is 8.24. The van der Waals surface area contributed by atoms with Gasteiger partial charge in [0.2, 0.25) is 0 Å². The topological polar surface area (TPSA) is 82.2 Å². The van der Waals surface area contributed by atoms with Crippen molar-refractivity contribution in [3.63, 3.8) is 0 Å². The molecule has 154 valence electrons. The Balaban J connectivity index is 1.68. The second kappa shape index (κ2) is 7.48. The Hall–Kier alpha value is -1.93. The molecular formula is C20H32N4O3Si. The fraction of sp³-hybridized carbons (Fsp3) is 0.650. The number of aromatic nitrogens is 2. The first-order valence-electron chi connectivity index (χ1n) is 10.0. The van der Waals surface area contributed by atoms with Crippen molar-refractivity contribution < 1.29 is 9.35 Å². The molecule has 0 aliphatic heterocycles. The Kier molecular flexibility index (Phi) is 5.55. The van der Waals surface area contributed by atoms with Crippen molar-refractivity contribution in [2.45, 2.75) is 76.7 Å². The van der Waals surface area contributed by atoms with Crippen LogP contribution in [0.3, 0.4) is 0 Å². The zero-order chi connectivity index (χ0) is 20.7. The third-order valence-corrected chi connectivity index (χ3v) is 10.8. The van der Waals surface area contributed by atoms with Gasteiger partial charge in [0.1, 0.15) is 5.69 Å². The number of nitrogens with one attached hydrogen (secondary N) is 1. The van der Waals surface area contributed by atoms with E-state index < -0.39 is 8.32 Å². The fourth-order valence-corrected chi connectivity index (χ4v) is 5.01. The van der Waals surface area contributed by atoms with Crippen molar-refractivity contribution >= 4 is 30.6 Å². The molecule has 1 heterocycles. The smallest absolute Gasteiger partial charge is 0.293 e. The van der Waals surface area contributed by atoms with Gasteiger partial charge in [-0.05, 0) is 49.9 Å². The van der Waals surface area contributed by atoms with Crippen LogP contribution in [0.5, 0.6) is 0 Å². The summed E-state index contributed by atoms with van der Waals surface area (Å²) in [6.07, 6.45) is 5.99. The molecule has 7 nitrogen and oxygen atoms in total. The first kappa shape index (κ1) is 20.8. The van der Waals surface area contributed by atoms with Crippen LogP contribution in [0.4, 0.5) is 11.4 Å². The predicted molar refractivity (Wildman–Crippen MR) is 115 cm³/mol. The van der Waals surface area contributed by atoms with Gasteiger partial charge in [0, 0.05) is 36.8 Å². The molecule has 1 saturated carbocycles. The SMILES string of the molecule is Cn1cc2cc([N+](=O)[O-])c(N[C@H]3CC[C@H](O[Si](C)(C)C(C)(C)C)CC3)cc2n1. The second-order valence-electron chi connectivity index (χ2n) is 9.48. The van der Waals surface area contributed by atoms with Gasteiger partial charge < -0.3 is 9.74 Å². The van der Waals surface area contributed by atoms with E-state index in [9.17, 15) is 10.1 Å². The normalized spacial score (nSPS) is 21.1. The lowest BCUT2D eigenvalue weighted by Crippen LogP contribution is -2.45. The molecule has 1 aromatic heterocycles. The van der Waals surface area contributed by atoms with Crippen molar-refractivity contribution in [1.29, 1.82) is 0 Å². The summed E-state index contributed by atoms with van der Waals surface area (Å²) in [5.74, 6) is 0. The lowest BCUT2D eigenvalue weighted by molar-refractivity contribution is -0.383. The zero-order valence-corrected chi connectivity index (χ0v) is 18.8. The molecular weight excluding hydrogens is 372 g/mol. The van der Waals surface area contributed by atoms with E-state index in [0.29, 0.717) is 11.8 Å². The van der Waals surface area contributed by atoms with Gasteiger partial charge in [-0.3, -0.25) is 14.8 Å². The molecule has 0 atom stereocenters. The Morgan fingerprint density at radius 2 is 1.89 bits per heavy atom. The summed E-state index contributed by atoms with van der Waals surface area (Å²) in [6.45, 7) is 11.4. The molecule has 0 amide bonds. The summed E-state index contributed by atoms with van der Waals surface area (Å²) in [5.41, 5.74) is 1.44. The van der Waals surface area contributed by atoms with E-state index in [2.05, 4.69) is 44.3 Å². The molecule has 3 rings (SSSR count). The standard InChI is InChI=1S/C20H32N4O3Si/c1-20(2,3)28(5,6)27-16-9-7-15(8-10-16)21-18-12-17-14(13-23(4)22-17)11-19(18)24(25)26/h11-13,15-16,21H,7-10H2,1-6H3/t15-,16-. The molecule has 0 spiro atoms. The largest absolute Gasteiger partial charge is 0.414 e. The van der Waals surface area contributed by atoms with E-state index in [0.717, 1.165) is 36.6 Å². The van der Waals surface area contributed by atoms with Gasteiger partial charge in [-0.2, -0.15) is 5.10 Å². The van der Waals surface area contributed by atoms with Gasteiger partial charge >= 0.3 is 0 Å². The maximum Gasteiger partial charge on any atom is 0.293 e. The van der Waals surface area contributed by atoms with E-state index in [-0.39, 0.29) is 21.7 Å². The third kappa shape index (κ3) is 4.38. The van der Waals surface area contributed by atoms with Crippen molar-refractivity contribution in [2.24, 2.45) is 7.05 Å². The van der Waals surface area contributed by atoms with Gasteiger partial charge in [0.25, 0.3) is 5.69 Å². The molecule has 1 fully saturated rings. The number of anilines is 1. The van der Waals surface area contributed by atoms with Gasteiger partial charge in [0.15, 0.2) is 8.32 Å². The Morgan fingerprint density at radius 3 is 2.46 bits per heavy atom. The molecule has 0 radical (unpaired) electrons. The van der Waals surface area contributed by atoms with Crippen LogP contribution in [0, 0.1) is 10.1 Å². The van der Waals surface area contributed by atoms with Crippen LogP contribution in [0.1, 0.15) is 46.5 Å². The van der Waals surface area contributed by atoms with Gasteiger partial charge in [0.05, 0.1) is 10.4 Å². The lowest BCUT2D eigenvalue weighted by atomic mass is 9.93. The number of hydrogen-bond donors (Lipinski definition) is 1. The van der Waals surface area contributed by atoms with Crippen LogP contribution in [0.2, 0.25) is 18.1 Å². The maximum absolute atomic E-state index is 11.5. The molecule has 28 heavy (non-hydrogen) atoms. The van der Waals surface area contributed by atoms with Crippen LogP contribution >= 0.6 is 0 Å². The van der Waals surface area contributed by atoms with E-state index in [1.54, 1.807) is 23.0 Å². The van der Waals surface area contributed by atoms with E-state index in [1.807, 2.05) is 7.05 Å². The summed E-state index contributed by atoms with van der Waals surface area (Å²) in [4.78, 5) is 11.2. The minimum Gasteiger partial charge on any atom is -0.414 e. The number of nitrogens with zero attached hydrogens (tertiary/aromatic N) is 3. The van der Waals surface area contributed by atoms with Crippen molar-refractivity contribution in [3.05, 3.63) is 28.4 Å². The Labute approximate surface area is 167 Å². The molecule has 8 heteroatoms. The molecule has 1 aliphatic rings. The lowest BCUT2D eigenvalue weighted by Gasteiger charge is -2.41.